The molecule has 2 aromatic carbocycles. The number of hydrogen-bond acceptors (Lipinski definition) is 2. The molecule has 122 valence electrons. The van der Waals surface area contributed by atoms with Gasteiger partial charge < -0.3 is 10.6 Å². The van der Waals surface area contributed by atoms with Gasteiger partial charge in [-0.3, -0.25) is 0 Å². The number of aromatic nitrogens is 2. The second kappa shape index (κ2) is 6.95. The Labute approximate surface area is 139 Å². The lowest BCUT2D eigenvalue weighted by Crippen LogP contribution is -2.28. The number of aryl methyl sites for hydroxylation is 1. The highest BCUT2D eigenvalue weighted by molar-refractivity contribution is 5.91. The zero-order valence-electron chi connectivity index (χ0n) is 13.2. The van der Waals surface area contributed by atoms with Crippen molar-refractivity contribution in [2.24, 2.45) is 0 Å². The molecule has 2 amide bonds. The van der Waals surface area contributed by atoms with Crippen molar-refractivity contribution in [1.82, 2.24) is 15.1 Å². The summed E-state index contributed by atoms with van der Waals surface area (Å²) in [6.45, 7) is 2.01. The fourth-order valence-electron chi connectivity index (χ4n) is 2.36. The number of nitrogens with zero attached hydrogens (tertiary/aromatic N) is 2. The first kappa shape index (κ1) is 15.7. The lowest BCUT2D eigenvalue weighted by atomic mass is 10.1. The molecule has 6 heteroatoms. The first-order valence-corrected chi connectivity index (χ1v) is 7.52. The van der Waals surface area contributed by atoms with Gasteiger partial charge in [-0.15, -0.1) is 0 Å². The van der Waals surface area contributed by atoms with E-state index in [2.05, 4.69) is 15.7 Å². The molecule has 2 N–H and O–H groups in total. The van der Waals surface area contributed by atoms with Gasteiger partial charge in [0.15, 0.2) is 0 Å². The molecule has 0 atom stereocenters. The van der Waals surface area contributed by atoms with Gasteiger partial charge in [-0.25, -0.2) is 13.9 Å². The summed E-state index contributed by atoms with van der Waals surface area (Å²) in [6, 6.07) is 13.6. The van der Waals surface area contributed by atoms with E-state index in [0.717, 1.165) is 11.3 Å². The van der Waals surface area contributed by atoms with Crippen LogP contribution in [-0.2, 0) is 6.54 Å². The third-order valence-electron chi connectivity index (χ3n) is 3.58. The highest BCUT2D eigenvalue weighted by atomic mass is 19.1. The Morgan fingerprint density at radius 1 is 1.21 bits per heavy atom. The number of amides is 2. The van der Waals surface area contributed by atoms with Gasteiger partial charge in [-0.1, -0.05) is 24.3 Å². The molecule has 5 nitrogen and oxygen atoms in total. The van der Waals surface area contributed by atoms with Crippen LogP contribution in [0.25, 0.3) is 5.69 Å². The second-order valence-electron chi connectivity index (χ2n) is 5.36. The van der Waals surface area contributed by atoms with Crippen molar-refractivity contribution in [2.75, 3.05) is 5.32 Å². The van der Waals surface area contributed by atoms with E-state index in [9.17, 15) is 9.18 Å². The minimum atomic E-state index is -0.336. The smallest absolute Gasteiger partial charge is 0.319 e. The van der Waals surface area contributed by atoms with Gasteiger partial charge in [-0.05, 0) is 42.3 Å². The molecule has 0 saturated heterocycles. The maximum absolute atomic E-state index is 13.3. The SMILES string of the molecule is Cc1cc(CNC(=O)Nc2ccccc2-n2cccn2)ccc1F. The van der Waals surface area contributed by atoms with Crippen molar-refractivity contribution in [2.45, 2.75) is 13.5 Å². The van der Waals surface area contributed by atoms with Crippen LogP contribution in [0.3, 0.4) is 0 Å². The van der Waals surface area contributed by atoms with Crippen molar-refractivity contribution >= 4 is 11.7 Å². The summed E-state index contributed by atoms with van der Waals surface area (Å²) in [7, 11) is 0. The summed E-state index contributed by atoms with van der Waals surface area (Å²) in [5.74, 6) is -0.253. The molecule has 0 bridgehead atoms. The number of para-hydroxylation sites is 2. The highest BCUT2D eigenvalue weighted by Crippen LogP contribution is 2.18. The molecule has 24 heavy (non-hydrogen) atoms. The van der Waals surface area contributed by atoms with Crippen molar-refractivity contribution in [3.63, 3.8) is 0 Å². The van der Waals surface area contributed by atoms with E-state index < -0.39 is 0 Å². The number of halogens is 1. The van der Waals surface area contributed by atoms with Crippen LogP contribution in [0.15, 0.2) is 60.9 Å². The zero-order chi connectivity index (χ0) is 16.9. The zero-order valence-corrected chi connectivity index (χ0v) is 13.2. The first-order chi connectivity index (χ1) is 11.6. The van der Waals surface area contributed by atoms with Crippen LogP contribution >= 0.6 is 0 Å². The van der Waals surface area contributed by atoms with Gasteiger partial charge in [0.25, 0.3) is 0 Å². The summed E-state index contributed by atoms with van der Waals surface area (Å²) in [6.07, 6.45) is 3.48. The topological polar surface area (TPSA) is 59.0 Å². The van der Waals surface area contributed by atoms with Crippen LogP contribution in [0.2, 0.25) is 0 Å². The number of carbonyl (C=O) groups excluding carboxylic acids is 1. The molecule has 0 saturated carbocycles. The summed E-state index contributed by atoms with van der Waals surface area (Å²) >= 11 is 0. The number of rotatable bonds is 4. The number of nitrogens with one attached hydrogen (secondary N) is 2. The monoisotopic (exact) mass is 324 g/mol. The van der Waals surface area contributed by atoms with Crippen molar-refractivity contribution in [3.8, 4) is 5.69 Å². The average molecular weight is 324 g/mol. The van der Waals surface area contributed by atoms with Crippen molar-refractivity contribution < 1.29 is 9.18 Å². The maximum atomic E-state index is 13.3. The predicted octanol–water partition coefficient (Wildman–Crippen LogP) is 3.64. The van der Waals surface area contributed by atoms with E-state index in [1.54, 1.807) is 42.2 Å². The molecule has 3 aromatic rings. The fraction of sp³-hybridized carbons (Fsp3) is 0.111. The molecular weight excluding hydrogens is 307 g/mol. The number of carbonyl (C=O) groups is 1. The van der Waals surface area contributed by atoms with Gasteiger partial charge in [0.1, 0.15) is 5.82 Å². The maximum Gasteiger partial charge on any atom is 0.319 e. The first-order valence-electron chi connectivity index (χ1n) is 7.52. The molecule has 0 aliphatic carbocycles. The Bertz CT molecular complexity index is 846. The van der Waals surface area contributed by atoms with Gasteiger partial charge in [0, 0.05) is 18.9 Å². The molecule has 3 rings (SSSR count). The van der Waals surface area contributed by atoms with E-state index in [1.807, 2.05) is 24.3 Å². The van der Waals surface area contributed by atoms with Crippen LogP contribution in [0, 0.1) is 12.7 Å². The van der Waals surface area contributed by atoms with Crippen molar-refractivity contribution in [1.29, 1.82) is 0 Å². The number of urea groups is 1. The molecule has 0 unspecified atom stereocenters. The summed E-state index contributed by atoms with van der Waals surface area (Å²) in [4.78, 5) is 12.1. The predicted molar refractivity (Wildman–Crippen MR) is 90.6 cm³/mol. The van der Waals surface area contributed by atoms with E-state index in [0.29, 0.717) is 17.8 Å². The number of benzene rings is 2. The Morgan fingerprint density at radius 2 is 2.04 bits per heavy atom. The van der Waals surface area contributed by atoms with E-state index in [4.69, 9.17) is 0 Å². The van der Waals surface area contributed by atoms with E-state index >= 15 is 0 Å². The Balaban J connectivity index is 1.66. The minimum absolute atomic E-state index is 0.253. The molecule has 0 fully saturated rings. The lowest BCUT2D eigenvalue weighted by molar-refractivity contribution is 0.251. The largest absolute Gasteiger partial charge is 0.334 e. The van der Waals surface area contributed by atoms with Gasteiger partial charge in [-0.2, -0.15) is 5.10 Å². The van der Waals surface area contributed by atoms with Crippen LogP contribution in [0.4, 0.5) is 14.9 Å². The molecule has 1 heterocycles. The molecule has 1 aromatic heterocycles. The van der Waals surface area contributed by atoms with E-state index in [1.165, 1.54) is 6.07 Å². The Morgan fingerprint density at radius 3 is 2.79 bits per heavy atom. The third-order valence-corrected chi connectivity index (χ3v) is 3.58. The third kappa shape index (κ3) is 3.60. The minimum Gasteiger partial charge on any atom is -0.334 e. The quantitative estimate of drug-likeness (QED) is 0.770. The summed E-state index contributed by atoms with van der Waals surface area (Å²) in [5, 5.41) is 9.75. The highest BCUT2D eigenvalue weighted by Gasteiger charge is 2.08. The van der Waals surface area contributed by atoms with Crippen LogP contribution in [-0.4, -0.2) is 15.8 Å². The summed E-state index contributed by atoms with van der Waals surface area (Å²) in [5.41, 5.74) is 2.81. The van der Waals surface area contributed by atoms with Crippen molar-refractivity contribution in [3.05, 3.63) is 77.9 Å². The normalized spacial score (nSPS) is 10.4. The molecule has 0 aliphatic rings. The second-order valence-corrected chi connectivity index (χ2v) is 5.36. The van der Waals surface area contributed by atoms with Gasteiger partial charge in [0.05, 0.1) is 11.4 Å². The van der Waals surface area contributed by atoms with E-state index in [-0.39, 0.29) is 11.8 Å². The molecular formula is C18H17FN4O. The van der Waals surface area contributed by atoms with Crippen LogP contribution in [0.5, 0.6) is 0 Å². The number of hydrogen-bond donors (Lipinski definition) is 2. The van der Waals surface area contributed by atoms with Crippen LogP contribution < -0.4 is 10.6 Å². The van der Waals surface area contributed by atoms with Gasteiger partial charge in [0.2, 0.25) is 0 Å². The lowest BCUT2D eigenvalue weighted by Gasteiger charge is -2.12. The molecule has 0 aliphatic heterocycles. The Kier molecular flexibility index (Phi) is 4.56. The van der Waals surface area contributed by atoms with Gasteiger partial charge >= 0.3 is 6.03 Å². The molecule has 0 spiro atoms. The fourth-order valence-corrected chi connectivity index (χ4v) is 2.36. The summed E-state index contributed by atoms with van der Waals surface area (Å²) < 4.78 is 14.9. The van der Waals surface area contributed by atoms with Crippen LogP contribution in [0.1, 0.15) is 11.1 Å². The molecule has 0 radical (unpaired) electrons. The number of anilines is 1. The standard InChI is InChI=1S/C18H17FN4O/c1-13-11-14(7-8-15(13)19)12-20-18(24)22-16-5-2-3-6-17(16)23-10-4-9-21-23/h2-11H,12H2,1H3,(H2,20,22,24). The average Bonchev–Trinajstić information content (AvgIpc) is 3.11. The Hall–Kier alpha value is -3.15.